The van der Waals surface area contributed by atoms with Gasteiger partial charge in [0.25, 0.3) is 0 Å². The standard InChI is InChI=1S/C25H19F2N7O/c26-17-3-1-15(2-4-17)24-25(33(14-30-24)19-11-28-12-19)20-5-6-23-31-18(13-34(23)32-20)10-21(35)16-7-8-29-22(27)9-16/h1-9,13-14,19,28H,10-12H2. The highest BCUT2D eigenvalue weighted by molar-refractivity contribution is 5.97. The Morgan fingerprint density at radius 1 is 1.06 bits per heavy atom. The minimum absolute atomic E-state index is 0.00858. The van der Waals surface area contributed by atoms with E-state index in [-0.39, 0.29) is 29.6 Å². The normalized spacial score (nSPS) is 13.8. The monoisotopic (exact) mass is 471 g/mol. The number of halogens is 2. The number of pyridine rings is 1. The number of imidazole rings is 2. The molecule has 1 aliphatic heterocycles. The Hall–Kier alpha value is -4.31. The first kappa shape index (κ1) is 21.2. The number of nitrogens with zero attached hydrogens (tertiary/aromatic N) is 6. The summed E-state index contributed by atoms with van der Waals surface area (Å²) in [5, 5.41) is 8.03. The summed E-state index contributed by atoms with van der Waals surface area (Å²) < 4.78 is 30.6. The smallest absolute Gasteiger partial charge is 0.213 e. The summed E-state index contributed by atoms with van der Waals surface area (Å²) in [6, 6.07) is 12.7. The molecule has 35 heavy (non-hydrogen) atoms. The van der Waals surface area contributed by atoms with E-state index in [9.17, 15) is 13.6 Å². The molecule has 0 unspecified atom stereocenters. The van der Waals surface area contributed by atoms with Gasteiger partial charge in [-0.15, -0.1) is 0 Å². The SMILES string of the molecule is O=C(Cc1cn2nc(-c3c(-c4ccc(F)cc4)ncn3C3CNC3)ccc2n1)c1ccnc(F)c1. The van der Waals surface area contributed by atoms with Crippen LogP contribution >= 0.6 is 0 Å². The van der Waals surface area contributed by atoms with Crippen LogP contribution in [0.2, 0.25) is 0 Å². The summed E-state index contributed by atoms with van der Waals surface area (Å²) in [7, 11) is 0. The van der Waals surface area contributed by atoms with Crippen molar-refractivity contribution in [2.45, 2.75) is 12.5 Å². The summed E-state index contributed by atoms with van der Waals surface area (Å²) in [5.74, 6) is -1.27. The Morgan fingerprint density at radius 2 is 1.89 bits per heavy atom. The van der Waals surface area contributed by atoms with Gasteiger partial charge in [-0.3, -0.25) is 4.79 Å². The van der Waals surface area contributed by atoms with Gasteiger partial charge in [0, 0.05) is 36.5 Å². The number of Topliss-reactive ketones (excluding diaryl/α,β-unsaturated/α-hetero) is 1. The van der Waals surface area contributed by atoms with Crippen molar-refractivity contribution >= 4 is 11.4 Å². The summed E-state index contributed by atoms with van der Waals surface area (Å²) in [4.78, 5) is 25.2. The second kappa shape index (κ2) is 8.48. The molecule has 1 N–H and O–H groups in total. The molecule has 1 aliphatic rings. The molecule has 1 fully saturated rings. The van der Waals surface area contributed by atoms with Gasteiger partial charge in [-0.2, -0.15) is 9.49 Å². The molecule has 0 atom stereocenters. The molecular weight excluding hydrogens is 452 g/mol. The zero-order chi connectivity index (χ0) is 23.9. The zero-order valence-corrected chi connectivity index (χ0v) is 18.4. The third-order valence-electron chi connectivity index (χ3n) is 6.07. The van der Waals surface area contributed by atoms with E-state index in [1.165, 1.54) is 24.4 Å². The predicted molar refractivity (Wildman–Crippen MR) is 124 cm³/mol. The first-order chi connectivity index (χ1) is 17.0. The van der Waals surface area contributed by atoms with Gasteiger partial charge in [0.15, 0.2) is 11.4 Å². The van der Waals surface area contributed by atoms with E-state index in [1.54, 1.807) is 29.2 Å². The van der Waals surface area contributed by atoms with E-state index in [1.807, 2.05) is 12.1 Å². The molecule has 0 spiro atoms. The fourth-order valence-electron chi connectivity index (χ4n) is 4.17. The largest absolute Gasteiger partial charge is 0.323 e. The molecule has 1 saturated heterocycles. The number of aromatic nitrogens is 6. The van der Waals surface area contributed by atoms with Crippen LogP contribution in [-0.2, 0) is 6.42 Å². The van der Waals surface area contributed by atoms with Crippen LogP contribution in [0.5, 0.6) is 0 Å². The van der Waals surface area contributed by atoms with Gasteiger partial charge in [0.1, 0.15) is 11.5 Å². The average Bonchev–Trinajstić information content (AvgIpc) is 3.42. The molecule has 0 saturated carbocycles. The lowest BCUT2D eigenvalue weighted by Gasteiger charge is -2.29. The molecule has 8 nitrogen and oxygen atoms in total. The van der Waals surface area contributed by atoms with Gasteiger partial charge in [-0.05, 0) is 42.5 Å². The van der Waals surface area contributed by atoms with Crippen LogP contribution in [0.15, 0.2) is 67.3 Å². The minimum atomic E-state index is -0.701. The summed E-state index contributed by atoms with van der Waals surface area (Å²) in [6.07, 6.45) is 4.75. The van der Waals surface area contributed by atoms with Crippen LogP contribution in [0, 0.1) is 11.8 Å². The maximum absolute atomic E-state index is 13.5. The molecule has 0 amide bonds. The Labute approximate surface area is 198 Å². The number of benzene rings is 1. The van der Waals surface area contributed by atoms with Crippen LogP contribution in [0.4, 0.5) is 8.78 Å². The van der Waals surface area contributed by atoms with Gasteiger partial charge < -0.3 is 9.88 Å². The first-order valence-electron chi connectivity index (χ1n) is 11.1. The Balaban J connectivity index is 1.37. The number of hydrogen-bond acceptors (Lipinski definition) is 6. The van der Waals surface area contributed by atoms with Crippen LogP contribution in [0.25, 0.3) is 28.3 Å². The van der Waals surface area contributed by atoms with Crippen molar-refractivity contribution in [3.63, 3.8) is 0 Å². The third-order valence-corrected chi connectivity index (χ3v) is 6.07. The Kier molecular flexibility index (Phi) is 5.14. The van der Waals surface area contributed by atoms with Crippen molar-refractivity contribution in [1.82, 2.24) is 34.4 Å². The summed E-state index contributed by atoms with van der Waals surface area (Å²) in [6.45, 7) is 1.64. The van der Waals surface area contributed by atoms with Gasteiger partial charge in [-0.25, -0.2) is 23.9 Å². The van der Waals surface area contributed by atoms with Gasteiger partial charge in [-0.1, -0.05) is 0 Å². The topological polar surface area (TPSA) is 90.0 Å². The van der Waals surface area contributed by atoms with Crippen molar-refractivity contribution in [2.24, 2.45) is 0 Å². The minimum Gasteiger partial charge on any atom is -0.323 e. The number of fused-ring (bicyclic) bond motifs is 1. The van der Waals surface area contributed by atoms with E-state index in [0.29, 0.717) is 22.7 Å². The van der Waals surface area contributed by atoms with Gasteiger partial charge >= 0.3 is 0 Å². The average molecular weight is 471 g/mol. The molecule has 1 aromatic carbocycles. The molecule has 0 aliphatic carbocycles. The van der Waals surface area contributed by atoms with Crippen LogP contribution in [0.3, 0.4) is 0 Å². The number of nitrogens with one attached hydrogen (secondary N) is 1. The highest BCUT2D eigenvalue weighted by atomic mass is 19.1. The van der Waals surface area contributed by atoms with Crippen molar-refractivity contribution in [2.75, 3.05) is 13.1 Å². The van der Waals surface area contributed by atoms with Crippen molar-refractivity contribution < 1.29 is 13.6 Å². The molecule has 6 rings (SSSR count). The van der Waals surface area contributed by atoms with Gasteiger partial charge in [0.2, 0.25) is 5.95 Å². The van der Waals surface area contributed by atoms with Crippen LogP contribution in [0.1, 0.15) is 22.1 Å². The van der Waals surface area contributed by atoms with Crippen LogP contribution in [-0.4, -0.2) is 48.0 Å². The quantitative estimate of drug-likeness (QED) is 0.301. The molecule has 174 valence electrons. The maximum Gasteiger partial charge on any atom is 0.213 e. The predicted octanol–water partition coefficient (Wildman–Crippen LogP) is 3.50. The van der Waals surface area contributed by atoms with E-state index < -0.39 is 5.95 Å². The number of ketones is 1. The van der Waals surface area contributed by atoms with Crippen molar-refractivity contribution in [3.05, 3.63) is 90.3 Å². The molecule has 5 heterocycles. The van der Waals surface area contributed by atoms with Crippen LogP contribution < -0.4 is 5.32 Å². The summed E-state index contributed by atoms with van der Waals surface area (Å²) in [5.41, 5.74) is 4.33. The van der Waals surface area contributed by atoms with Crippen molar-refractivity contribution in [1.29, 1.82) is 0 Å². The molecule has 0 bridgehead atoms. The number of rotatable bonds is 6. The highest BCUT2D eigenvalue weighted by Crippen LogP contribution is 2.33. The maximum atomic E-state index is 13.5. The van der Waals surface area contributed by atoms with E-state index in [2.05, 4.69) is 24.8 Å². The Morgan fingerprint density at radius 3 is 2.63 bits per heavy atom. The van der Waals surface area contributed by atoms with Crippen molar-refractivity contribution in [3.8, 4) is 22.6 Å². The summed E-state index contributed by atoms with van der Waals surface area (Å²) >= 11 is 0. The van der Waals surface area contributed by atoms with Gasteiger partial charge in [0.05, 0.1) is 42.1 Å². The molecule has 5 aromatic rings. The molecule has 0 radical (unpaired) electrons. The lowest BCUT2D eigenvalue weighted by atomic mass is 10.1. The number of carbonyl (C=O) groups is 1. The second-order valence-electron chi connectivity index (χ2n) is 8.39. The third kappa shape index (κ3) is 3.97. The second-order valence-corrected chi connectivity index (χ2v) is 8.39. The van der Waals surface area contributed by atoms with E-state index >= 15 is 0 Å². The fraction of sp³-hybridized carbons (Fsp3) is 0.160. The fourth-order valence-corrected chi connectivity index (χ4v) is 4.17. The molecule has 10 heteroatoms. The zero-order valence-electron chi connectivity index (χ0n) is 18.4. The Bertz CT molecular complexity index is 1550. The van der Waals surface area contributed by atoms with E-state index in [0.717, 1.165) is 30.4 Å². The molecule has 4 aromatic heterocycles. The number of hydrogen-bond donors (Lipinski definition) is 1. The first-order valence-corrected chi connectivity index (χ1v) is 11.1. The lowest BCUT2D eigenvalue weighted by Crippen LogP contribution is -2.43. The highest BCUT2D eigenvalue weighted by Gasteiger charge is 2.26. The van der Waals surface area contributed by atoms with E-state index in [4.69, 9.17) is 5.10 Å². The molecular formula is C25H19F2N7O. The number of carbonyl (C=O) groups excluding carboxylic acids is 1. The lowest BCUT2D eigenvalue weighted by molar-refractivity contribution is 0.0991.